The number of hydrogen-bond donors (Lipinski definition) is 0. The van der Waals surface area contributed by atoms with E-state index >= 15 is 0 Å². The van der Waals surface area contributed by atoms with E-state index in [0.717, 1.165) is 9.79 Å². The molecule has 1 atom stereocenters. The third kappa shape index (κ3) is 3.30. The van der Waals surface area contributed by atoms with E-state index in [-0.39, 0.29) is 11.4 Å². The van der Waals surface area contributed by atoms with E-state index in [9.17, 15) is 13.2 Å². The molecule has 6 nitrogen and oxygen atoms in total. The number of benzene rings is 2. The highest BCUT2D eigenvalue weighted by Crippen LogP contribution is 2.61. The highest BCUT2D eigenvalue weighted by molar-refractivity contribution is 8.20. The quantitative estimate of drug-likeness (QED) is 0.680. The molecular weight excluding hydrogens is 418 g/mol. The van der Waals surface area contributed by atoms with Gasteiger partial charge in [-0.25, -0.2) is 8.42 Å². The van der Waals surface area contributed by atoms with E-state index in [1.807, 2.05) is 24.3 Å². The SMILES string of the molecule is COC(=O)[C@H]1CC2(CN1S(=O)(=O)c1ccc(OC)cc1)Sc1ccccc1S2. The van der Waals surface area contributed by atoms with Crippen LogP contribution in [-0.4, -0.2) is 49.6 Å². The molecule has 0 aromatic heterocycles. The Balaban J connectivity index is 1.69. The van der Waals surface area contributed by atoms with Crippen LogP contribution in [0.3, 0.4) is 0 Å². The third-order valence-corrected chi connectivity index (χ3v) is 9.81. The van der Waals surface area contributed by atoms with Crippen molar-refractivity contribution in [1.82, 2.24) is 4.31 Å². The molecule has 0 unspecified atom stereocenters. The molecule has 2 aliphatic rings. The van der Waals surface area contributed by atoms with Gasteiger partial charge in [0.05, 0.1) is 23.2 Å². The summed E-state index contributed by atoms with van der Waals surface area (Å²) in [5.74, 6) is 0.0323. The number of hydrogen-bond acceptors (Lipinski definition) is 7. The summed E-state index contributed by atoms with van der Waals surface area (Å²) in [5, 5.41) is 0. The monoisotopic (exact) mass is 437 g/mol. The predicted molar refractivity (Wildman–Crippen MR) is 108 cm³/mol. The Bertz CT molecular complexity index is 981. The van der Waals surface area contributed by atoms with Gasteiger partial charge in [0.2, 0.25) is 10.0 Å². The topological polar surface area (TPSA) is 72.9 Å². The van der Waals surface area contributed by atoms with Gasteiger partial charge in [-0.05, 0) is 36.4 Å². The van der Waals surface area contributed by atoms with E-state index in [1.165, 1.54) is 30.7 Å². The van der Waals surface area contributed by atoms with Crippen molar-refractivity contribution in [2.45, 2.75) is 31.2 Å². The molecule has 28 heavy (non-hydrogen) atoms. The smallest absolute Gasteiger partial charge is 0.324 e. The first-order valence-electron chi connectivity index (χ1n) is 8.59. The molecule has 1 spiro atoms. The number of sulfonamides is 1. The minimum absolute atomic E-state index is 0.129. The highest BCUT2D eigenvalue weighted by Gasteiger charge is 2.55. The number of methoxy groups -OCH3 is 2. The van der Waals surface area contributed by atoms with E-state index in [4.69, 9.17) is 9.47 Å². The number of fused-ring (bicyclic) bond motifs is 1. The lowest BCUT2D eigenvalue weighted by molar-refractivity contribution is -0.144. The highest BCUT2D eigenvalue weighted by atomic mass is 32.2. The van der Waals surface area contributed by atoms with Crippen molar-refractivity contribution in [2.75, 3.05) is 20.8 Å². The van der Waals surface area contributed by atoms with Crippen LogP contribution in [0.5, 0.6) is 5.75 Å². The summed E-state index contributed by atoms with van der Waals surface area (Å²) in [6, 6.07) is 13.3. The summed E-state index contributed by atoms with van der Waals surface area (Å²) in [5.41, 5.74) is 0. The number of carbonyl (C=O) groups excluding carboxylic acids is 1. The van der Waals surface area contributed by atoms with Crippen LogP contribution in [0.25, 0.3) is 0 Å². The second kappa shape index (κ2) is 7.29. The van der Waals surface area contributed by atoms with Crippen LogP contribution in [0.1, 0.15) is 6.42 Å². The van der Waals surface area contributed by atoms with Gasteiger partial charge in [-0.1, -0.05) is 12.1 Å². The molecular formula is C19H19NO5S3. The Morgan fingerprint density at radius 3 is 2.21 bits per heavy atom. The lowest BCUT2D eigenvalue weighted by atomic mass is 10.2. The first-order chi connectivity index (χ1) is 13.4. The molecule has 2 heterocycles. The van der Waals surface area contributed by atoms with Gasteiger partial charge in [0.15, 0.2) is 0 Å². The second-order valence-electron chi connectivity index (χ2n) is 6.53. The maximum absolute atomic E-state index is 13.3. The number of ether oxygens (including phenoxy) is 2. The van der Waals surface area contributed by atoms with Crippen LogP contribution in [-0.2, 0) is 19.6 Å². The van der Waals surface area contributed by atoms with Crippen molar-refractivity contribution in [2.24, 2.45) is 0 Å². The van der Waals surface area contributed by atoms with Crippen LogP contribution < -0.4 is 4.74 Å². The Morgan fingerprint density at radius 1 is 1.07 bits per heavy atom. The van der Waals surface area contributed by atoms with E-state index in [2.05, 4.69) is 0 Å². The zero-order valence-corrected chi connectivity index (χ0v) is 17.8. The lowest BCUT2D eigenvalue weighted by Crippen LogP contribution is -2.41. The van der Waals surface area contributed by atoms with Crippen molar-refractivity contribution >= 4 is 39.5 Å². The zero-order valence-electron chi connectivity index (χ0n) is 15.3. The molecule has 0 bridgehead atoms. The Morgan fingerprint density at radius 2 is 1.68 bits per heavy atom. The molecule has 1 saturated heterocycles. The van der Waals surface area contributed by atoms with Crippen LogP contribution >= 0.6 is 23.5 Å². The minimum Gasteiger partial charge on any atom is -0.497 e. The van der Waals surface area contributed by atoms with Gasteiger partial charge in [0, 0.05) is 22.8 Å². The molecule has 2 aliphatic heterocycles. The molecule has 0 saturated carbocycles. The van der Waals surface area contributed by atoms with Gasteiger partial charge in [-0.2, -0.15) is 4.31 Å². The Labute approximate surface area is 172 Å². The fraction of sp³-hybridized carbons (Fsp3) is 0.316. The molecule has 4 rings (SSSR count). The molecule has 0 aliphatic carbocycles. The van der Waals surface area contributed by atoms with Crippen molar-refractivity contribution < 1.29 is 22.7 Å². The maximum atomic E-state index is 13.3. The Kier molecular flexibility index (Phi) is 5.11. The normalized spacial score (nSPS) is 20.9. The van der Waals surface area contributed by atoms with Crippen molar-refractivity contribution in [3.63, 3.8) is 0 Å². The van der Waals surface area contributed by atoms with Gasteiger partial charge in [-0.15, -0.1) is 23.5 Å². The lowest BCUT2D eigenvalue weighted by Gasteiger charge is -2.23. The van der Waals surface area contributed by atoms with Gasteiger partial charge < -0.3 is 9.47 Å². The number of rotatable bonds is 4. The van der Waals surface area contributed by atoms with Gasteiger partial charge in [0.25, 0.3) is 0 Å². The molecule has 0 radical (unpaired) electrons. The molecule has 0 N–H and O–H groups in total. The summed E-state index contributed by atoms with van der Waals surface area (Å²) in [7, 11) is -1.06. The van der Waals surface area contributed by atoms with Crippen molar-refractivity contribution in [3.05, 3.63) is 48.5 Å². The van der Waals surface area contributed by atoms with E-state index < -0.39 is 26.1 Å². The number of thioether (sulfide) groups is 2. The summed E-state index contributed by atoms with van der Waals surface area (Å²) < 4.78 is 37.6. The molecule has 2 aromatic carbocycles. The number of nitrogens with zero attached hydrogens (tertiary/aromatic N) is 1. The van der Waals surface area contributed by atoms with Gasteiger partial charge in [0.1, 0.15) is 11.8 Å². The standard InChI is InChI=1S/C19H19NO5S3/c1-24-13-7-9-14(10-8-13)28(22,23)20-12-19(11-15(20)18(21)25-2)26-16-5-3-4-6-17(16)27-19/h3-10,15H,11-12H2,1-2H3/t15-/m1/s1. The van der Waals surface area contributed by atoms with Crippen LogP contribution in [0.2, 0.25) is 0 Å². The van der Waals surface area contributed by atoms with Gasteiger partial charge in [-0.3, -0.25) is 4.79 Å². The average Bonchev–Trinajstić information content (AvgIpc) is 3.27. The van der Waals surface area contributed by atoms with Crippen LogP contribution in [0.15, 0.2) is 63.2 Å². The number of carbonyl (C=O) groups is 1. The van der Waals surface area contributed by atoms with E-state index in [1.54, 1.807) is 35.7 Å². The maximum Gasteiger partial charge on any atom is 0.324 e. The summed E-state index contributed by atoms with van der Waals surface area (Å²) in [6.07, 6.45) is 0.388. The van der Waals surface area contributed by atoms with Crippen molar-refractivity contribution in [1.29, 1.82) is 0 Å². The largest absolute Gasteiger partial charge is 0.497 e. The van der Waals surface area contributed by atoms with Crippen molar-refractivity contribution in [3.8, 4) is 5.75 Å². The van der Waals surface area contributed by atoms with E-state index in [0.29, 0.717) is 12.2 Å². The Hall–Kier alpha value is -1.68. The molecule has 2 aromatic rings. The fourth-order valence-corrected chi connectivity index (χ4v) is 8.55. The number of esters is 1. The third-order valence-electron chi connectivity index (χ3n) is 4.83. The first-order valence-corrected chi connectivity index (χ1v) is 11.7. The second-order valence-corrected chi connectivity index (χ2v) is 11.5. The summed E-state index contributed by atoms with van der Waals surface area (Å²) in [6.45, 7) is 0.227. The average molecular weight is 438 g/mol. The minimum atomic E-state index is -3.87. The molecule has 9 heteroatoms. The zero-order chi connectivity index (χ0) is 19.9. The first kappa shape index (κ1) is 19.6. The molecule has 1 fully saturated rings. The molecule has 0 amide bonds. The van der Waals surface area contributed by atoms with Crippen LogP contribution in [0.4, 0.5) is 0 Å². The predicted octanol–water partition coefficient (Wildman–Crippen LogP) is 3.23. The van der Waals surface area contributed by atoms with Gasteiger partial charge >= 0.3 is 5.97 Å². The summed E-state index contributed by atoms with van der Waals surface area (Å²) in [4.78, 5) is 14.8. The fourth-order valence-electron chi connectivity index (χ4n) is 3.47. The molecule has 148 valence electrons. The van der Waals surface area contributed by atoms with Crippen LogP contribution in [0, 0.1) is 0 Å². The summed E-state index contributed by atoms with van der Waals surface area (Å²) >= 11 is 3.26.